The van der Waals surface area contributed by atoms with Crippen LogP contribution in [0.3, 0.4) is 0 Å². The molecule has 5 nitrogen and oxygen atoms in total. The molecular formula is C13H16F3N3O2. The smallest absolute Gasteiger partial charge is 0.422 e. The van der Waals surface area contributed by atoms with Gasteiger partial charge in [-0.2, -0.15) is 13.2 Å². The van der Waals surface area contributed by atoms with Crippen LogP contribution in [0.25, 0.3) is 0 Å². The van der Waals surface area contributed by atoms with Crippen molar-refractivity contribution in [3.63, 3.8) is 0 Å². The van der Waals surface area contributed by atoms with Gasteiger partial charge in [0, 0.05) is 24.8 Å². The van der Waals surface area contributed by atoms with E-state index in [0.717, 1.165) is 13.0 Å². The third-order valence-electron chi connectivity index (χ3n) is 3.11. The molecule has 2 rings (SSSR count). The average molecular weight is 303 g/mol. The van der Waals surface area contributed by atoms with Crippen LogP contribution in [0.1, 0.15) is 12.0 Å². The van der Waals surface area contributed by atoms with Gasteiger partial charge in [-0.25, -0.2) is 4.98 Å². The van der Waals surface area contributed by atoms with Crippen molar-refractivity contribution in [3.8, 4) is 5.88 Å². The molecule has 0 aliphatic carbocycles. The number of nitrogens with zero attached hydrogens (tertiary/aromatic N) is 1. The standard InChI is InChI=1S/C13H16F3N3O2/c14-13(15,16)8-21-12-10(2-1-4-18-12)7-19-11(20)9-3-5-17-6-9/h1-2,4,9,17H,3,5-8H2,(H,19,20). The van der Waals surface area contributed by atoms with Gasteiger partial charge in [-0.05, 0) is 19.0 Å². The quantitative estimate of drug-likeness (QED) is 0.859. The van der Waals surface area contributed by atoms with Gasteiger partial charge >= 0.3 is 6.18 Å². The highest BCUT2D eigenvalue weighted by Gasteiger charge is 2.29. The molecule has 1 amide bonds. The fourth-order valence-corrected chi connectivity index (χ4v) is 2.04. The fraction of sp³-hybridized carbons (Fsp3) is 0.538. The molecule has 2 heterocycles. The van der Waals surface area contributed by atoms with Crippen LogP contribution in [0.2, 0.25) is 0 Å². The Balaban J connectivity index is 1.91. The number of amides is 1. The van der Waals surface area contributed by atoms with Crippen LogP contribution in [0.4, 0.5) is 13.2 Å². The van der Waals surface area contributed by atoms with Gasteiger partial charge in [0.05, 0.1) is 5.92 Å². The topological polar surface area (TPSA) is 63.2 Å². The van der Waals surface area contributed by atoms with Crippen molar-refractivity contribution in [3.05, 3.63) is 23.9 Å². The normalized spacial score (nSPS) is 18.5. The highest BCUT2D eigenvalue weighted by Crippen LogP contribution is 2.20. The number of hydrogen-bond acceptors (Lipinski definition) is 4. The van der Waals surface area contributed by atoms with E-state index in [1.54, 1.807) is 12.1 Å². The molecule has 1 saturated heterocycles. The molecule has 1 fully saturated rings. The molecule has 1 atom stereocenters. The van der Waals surface area contributed by atoms with E-state index in [0.29, 0.717) is 12.1 Å². The largest absolute Gasteiger partial charge is 0.468 e. The summed E-state index contributed by atoms with van der Waals surface area (Å²) in [6.07, 6.45) is -2.32. The molecule has 21 heavy (non-hydrogen) atoms. The summed E-state index contributed by atoms with van der Waals surface area (Å²) in [4.78, 5) is 15.6. The van der Waals surface area contributed by atoms with Gasteiger partial charge in [-0.15, -0.1) is 0 Å². The second kappa shape index (κ2) is 6.75. The first-order valence-electron chi connectivity index (χ1n) is 6.57. The Bertz CT molecular complexity index is 488. The molecule has 116 valence electrons. The Morgan fingerprint density at radius 1 is 1.52 bits per heavy atom. The predicted octanol–water partition coefficient (Wildman–Crippen LogP) is 1.25. The monoisotopic (exact) mass is 303 g/mol. The summed E-state index contributed by atoms with van der Waals surface area (Å²) < 4.78 is 41.1. The van der Waals surface area contributed by atoms with E-state index >= 15 is 0 Å². The van der Waals surface area contributed by atoms with E-state index in [1.807, 2.05) is 0 Å². The molecule has 1 aromatic heterocycles. The van der Waals surface area contributed by atoms with E-state index in [-0.39, 0.29) is 24.2 Å². The van der Waals surface area contributed by atoms with Crippen LogP contribution < -0.4 is 15.4 Å². The number of pyridine rings is 1. The van der Waals surface area contributed by atoms with E-state index in [9.17, 15) is 18.0 Å². The first-order chi connectivity index (χ1) is 9.96. The summed E-state index contributed by atoms with van der Waals surface area (Å²) in [5.74, 6) is -0.327. The van der Waals surface area contributed by atoms with Crippen molar-refractivity contribution in [2.75, 3.05) is 19.7 Å². The molecule has 1 aromatic rings. The molecule has 0 saturated carbocycles. The maximum Gasteiger partial charge on any atom is 0.422 e. The van der Waals surface area contributed by atoms with Gasteiger partial charge in [-0.3, -0.25) is 4.79 Å². The Morgan fingerprint density at radius 3 is 3.00 bits per heavy atom. The molecule has 0 radical (unpaired) electrons. The number of alkyl halides is 3. The van der Waals surface area contributed by atoms with Crippen molar-refractivity contribution in [1.82, 2.24) is 15.6 Å². The number of nitrogens with one attached hydrogen (secondary N) is 2. The number of rotatable bonds is 5. The van der Waals surface area contributed by atoms with Gasteiger partial charge < -0.3 is 15.4 Å². The number of aromatic nitrogens is 1. The lowest BCUT2D eigenvalue weighted by atomic mass is 10.1. The van der Waals surface area contributed by atoms with Crippen molar-refractivity contribution in [1.29, 1.82) is 0 Å². The number of halogens is 3. The van der Waals surface area contributed by atoms with Crippen molar-refractivity contribution >= 4 is 5.91 Å². The maximum absolute atomic E-state index is 12.2. The summed E-state index contributed by atoms with van der Waals surface area (Å²) in [5, 5.41) is 5.78. The predicted molar refractivity (Wildman–Crippen MR) is 68.6 cm³/mol. The van der Waals surface area contributed by atoms with Crippen molar-refractivity contribution in [2.24, 2.45) is 5.92 Å². The summed E-state index contributed by atoms with van der Waals surface area (Å²) in [7, 11) is 0. The molecule has 0 bridgehead atoms. The minimum absolute atomic E-state index is 0.0936. The minimum Gasteiger partial charge on any atom is -0.468 e. The number of carbonyl (C=O) groups excluding carboxylic acids is 1. The lowest BCUT2D eigenvalue weighted by Crippen LogP contribution is -2.31. The molecule has 1 aliphatic rings. The number of hydrogen-bond donors (Lipinski definition) is 2. The Hall–Kier alpha value is -1.83. The Morgan fingerprint density at radius 2 is 2.33 bits per heavy atom. The minimum atomic E-state index is -4.42. The number of carbonyl (C=O) groups is 1. The van der Waals surface area contributed by atoms with E-state index < -0.39 is 12.8 Å². The summed E-state index contributed by atoms with van der Waals surface area (Å²) in [5.41, 5.74) is 0.418. The molecule has 1 unspecified atom stereocenters. The van der Waals surface area contributed by atoms with E-state index in [2.05, 4.69) is 20.4 Å². The Labute approximate surface area is 119 Å². The fourth-order valence-electron chi connectivity index (χ4n) is 2.04. The van der Waals surface area contributed by atoms with Crippen LogP contribution in [-0.2, 0) is 11.3 Å². The van der Waals surface area contributed by atoms with Crippen molar-refractivity contribution < 1.29 is 22.7 Å². The highest BCUT2D eigenvalue weighted by molar-refractivity contribution is 5.79. The van der Waals surface area contributed by atoms with Crippen LogP contribution >= 0.6 is 0 Å². The third kappa shape index (κ3) is 4.89. The number of ether oxygens (including phenoxy) is 1. The second-order valence-electron chi connectivity index (χ2n) is 4.78. The first-order valence-corrected chi connectivity index (χ1v) is 6.57. The molecular weight excluding hydrogens is 287 g/mol. The summed E-state index contributed by atoms with van der Waals surface area (Å²) in [6, 6.07) is 3.16. The first kappa shape index (κ1) is 15.6. The maximum atomic E-state index is 12.2. The van der Waals surface area contributed by atoms with Gasteiger partial charge in [-0.1, -0.05) is 6.07 Å². The second-order valence-corrected chi connectivity index (χ2v) is 4.78. The van der Waals surface area contributed by atoms with Crippen LogP contribution in [0, 0.1) is 5.92 Å². The van der Waals surface area contributed by atoms with Crippen LogP contribution in [-0.4, -0.2) is 36.8 Å². The van der Waals surface area contributed by atoms with E-state index in [1.165, 1.54) is 6.20 Å². The van der Waals surface area contributed by atoms with Gasteiger partial charge in [0.1, 0.15) is 0 Å². The highest BCUT2D eigenvalue weighted by atomic mass is 19.4. The van der Waals surface area contributed by atoms with Gasteiger partial charge in [0.15, 0.2) is 6.61 Å². The molecule has 2 N–H and O–H groups in total. The van der Waals surface area contributed by atoms with Crippen LogP contribution in [0.5, 0.6) is 5.88 Å². The molecule has 0 spiro atoms. The molecule has 1 aliphatic heterocycles. The Kier molecular flexibility index (Phi) is 5.00. The molecule has 8 heteroatoms. The zero-order chi connectivity index (χ0) is 15.3. The molecule has 0 aromatic carbocycles. The SMILES string of the molecule is O=C(NCc1cccnc1OCC(F)(F)F)C1CCNC1. The lowest BCUT2D eigenvalue weighted by molar-refractivity contribution is -0.154. The van der Waals surface area contributed by atoms with Gasteiger partial charge in [0.25, 0.3) is 0 Å². The lowest BCUT2D eigenvalue weighted by Gasteiger charge is -2.13. The summed E-state index contributed by atoms with van der Waals surface area (Å²) >= 11 is 0. The van der Waals surface area contributed by atoms with E-state index in [4.69, 9.17) is 0 Å². The zero-order valence-electron chi connectivity index (χ0n) is 11.2. The average Bonchev–Trinajstić information content (AvgIpc) is 2.96. The summed E-state index contributed by atoms with van der Waals surface area (Å²) in [6.45, 7) is 0.106. The third-order valence-corrected chi connectivity index (χ3v) is 3.11. The van der Waals surface area contributed by atoms with Crippen molar-refractivity contribution in [2.45, 2.75) is 19.1 Å². The van der Waals surface area contributed by atoms with Gasteiger partial charge in [0.2, 0.25) is 11.8 Å². The zero-order valence-corrected chi connectivity index (χ0v) is 11.2. The van der Waals surface area contributed by atoms with Crippen LogP contribution in [0.15, 0.2) is 18.3 Å².